The van der Waals surface area contributed by atoms with Gasteiger partial charge in [-0.3, -0.25) is 0 Å². The van der Waals surface area contributed by atoms with Crippen LogP contribution in [0.4, 0.5) is 87.8 Å². The minimum Gasteiger partial charge on any atom is -0.544 e. The van der Waals surface area contributed by atoms with Gasteiger partial charge in [-0.25, -0.2) is 8.78 Å². The molecule has 23 heteroatoms. The van der Waals surface area contributed by atoms with Gasteiger partial charge >= 0.3 is 111 Å². The van der Waals surface area contributed by atoms with Crippen LogP contribution in [0.25, 0.3) is 0 Å². The summed E-state index contributed by atoms with van der Waals surface area (Å²) in [5, 5.41) is 9.72. The van der Waals surface area contributed by atoms with Gasteiger partial charge in [0.2, 0.25) is 0 Å². The smallest absolute Gasteiger partial charge is 0.544 e. The van der Waals surface area contributed by atoms with Gasteiger partial charge in [0.25, 0.3) is 0 Å². The number of halogens is 20. The Bertz CT molecular complexity index is 758. The second-order valence-corrected chi connectivity index (χ2v) is 5.81. The SMILES string of the molecule is O=C([O-])C(F)(F)C(F)(F)C(F)(F)C(F)(F)C(F)(F)C(F)(F)C(F)(F)C(F)(F)C(F)(F)C(F)F.[K+]. The van der Waals surface area contributed by atoms with E-state index in [1.54, 1.807) is 0 Å². The summed E-state index contributed by atoms with van der Waals surface area (Å²) in [6, 6.07) is 0. The first-order valence-corrected chi connectivity index (χ1v) is 6.79. The van der Waals surface area contributed by atoms with E-state index in [9.17, 15) is 97.7 Å². The van der Waals surface area contributed by atoms with E-state index in [1.807, 2.05) is 0 Å². The number of carbonyl (C=O) groups excluding carboxylic acids is 1. The zero-order valence-corrected chi connectivity index (χ0v) is 18.1. The van der Waals surface area contributed by atoms with E-state index >= 15 is 0 Å². The van der Waals surface area contributed by atoms with Crippen molar-refractivity contribution in [1.82, 2.24) is 0 Å². The molecule has 2 nitrogen and oxygen atoms in total. The summed E-state index contributed by atoms with van der Waals surface area (Å²) in [7, 11) is 0. The van der Waals surface area contributed by atoms with Crippen LogP contribution in [0.5, 0.6) is 0 Å². The average Bonchev–Trinajstić information content (AvgIpc) is 2.59. The van der Waals surface area contributed by atoms with Crippen molar-refractivity contribution in [3.8, 4) is 0 Å². The molecule has 0 aromatic heterocycles. The Hall–Kier alpha value is -0.294. The van der Waals surface area contributed by atoms with Crippen LogP contribution in [-0.2, 0) is 4.79 Å². The van der Waals surface area contributed by atoms with Gasteiger partial charge in [0.15, 0.2) is 0 Å². The molecule has 0 fully saturated rings. The Morgan fingerprint density at radius 3 is 0.882 bits per heavy atom. The molecule has 0 aliphatic heterocycles. The number of carboxylic acids is 1. The molecule has 0 atom stereocenters. The molecule has 0 unspecified atom stereocenters. The maximum Gasteiger partial charge on any atom is 1.00 e. The number of carbonyl (C=O) groups is 1. The molecule has 0 N–H and O–H groups in total. The van der Waals surface area contributed by atoms with Crippen LogP contribution in [0.2, 0.25) is 0 Å². The minimum absolute atomic E-state index is 0. The number of aliphatic carboxylic acids is 1. The maximum absolute atomic E-state index is 13.2. The van der Waals surface area contributed by atoms with E-state index in [1.165, 1.54) is 0 Å². The zero-order valence-electron chi connectivity index (χ0n) is 15.0. The summed E-state index contributed by atoms with van der Waals surface area (Å²) < 4.78 is 257. The van der Waals surface area contributed by atoms with Gasteiger partial charge in [-0.1, -0.05) is 0 Å². The number of carboxylic acid groups (broad SMARTS) is 1. The molecule has 0 heterocycles. The fourth-order valence-electron chi connectivity index (χ4n) is 1.66. The second kappa shape index (κ2) is 9.22. The molecule has 0 amide bonds. The molecule has 34 heavy (non-hydrogen) atoms. The summed E-state index contributed by atoms with van der Waals surface area (Å²) in [5.41, 5.74) is 0. The minimum atomic E-state index is -9.17. The van der Waals surface area contributed by atoms with Gasteiger partial charge in [-0.05, 0) is 0 Å². The Morgan fingerprint density at radius 1 is 0.471 bits per heavy atom. The Labute approximate surface area is 214 Å². The molecule has 0 radical (unpaired) electrons. The maximum atomic E-state index is 13.2. The van der Waals surface area contributed by atoms with Crippen molar-refractivity contribution in [1.29, 1.82) is 0 Å². The molecule has 198 valence electrons. The summed E-state index contributed by atoms with van der Waals surface area (Å²) in [6.07, 6.45) is -6.14. The van der Waals surface area contributed by atoms with Crippen LogP contribution in [-0.4, -0.2) is 65.7 Å². The van der Waals surface area contributed by atoms with E-state index in [-0.39, 0.29) is 51.4 Å². The van der Waals surface area contributed by atoms with E-state index in [4.69, 9.17) is 0 Å². The molecule has 0 rings (SSSR count). The summed E-state index contributed by atoms with van der Waals surface area (Å²) in [5.74, 6) is -82.3. The standard InChI is InChI=1S/C11H2F20O2.K/c12-1(13)3(14,15)5(18,19)7(22,23)9(26,27)11(30,31)10(28,29)8(24,25)6(20,21)4(16,17)2(32)33;/h1H,(H,32,33);/q;+1/p-1. The first-order valence-electron chi connectivity index (χ1n) is 6.79. The Balaban J connectivity index is 0. The van der Waals surface area contributed by atoms with E-state index in [2.05, 4.69) is 0 Å². The molecular weight excluding hydrogens is 583 g/mol. The first kappa shape index (κ1) is 35.9. The van der Waals surface area contributed by atoms with Crippen molar-refractivity contribution in [2.24, 2.45) is 0 Å². The van der Waals surface area contributed by atoms with Crippen molar-refractivity contribution < 1.29 is 149 Å². The largest absolute Gasteiger partial charge is 1.00 e. The normalized spacial score (nSPS) is 15.9. The van der Waals surface area contributed by atoms with Crippen molar-refractivity contribution in [2.45, 2.75) is 59.7 Å². The summed E-state index contributed by atoms with van der Waals surface area (Å²) >= 11 is 0. The molecule has 0 aromatic carbocycles. The molecule has 0 aliphatic rings. The van der Waals surface area contributed by atoms with Crippen LogP contribution in [0.1, 0.15) is 0 Å². The molecule has 0 saturated heterocycles. The molecule has 0 aliphatic carbocycles. The Morgan fingerprint density at radius 2 is 0.676 bits per heavy atom. The molecule has 0 spiro atoms. The van der Waals surface area contributed by atoms with Crippen molar-refractivity contribution in [3.63, 3.8) is 0 Å². The van der Waals surface area contributed by atoms with Gasteiger partial charge in [0.1, 0.15) is 5.97 Å². The monoisotopic (exact) mass is 584 g/mol. The fraction of sp³-hybridized carbons (Fsp3) is 0.909. The van der Waals surface area contributed by atoms with Crippen molar-refractivity contribution in [3.05, 3.63) is 0 Å². The van der Waals surface area contributed by atoms with Gasteiger partial charge in [0, 0.05) is 0 Å². The van der Waals surface area contributed by atoms with E-state index in [0.717, 1.165) is 0 Å². The Kier molecular flexibility index (Phi) is 9.73. The van der Waals surface area contributed by atoms with Crippen molar-refractivity contribution >= 4 is 5.97 Å². The third kappa shape index (κ3) is 4.27. The van der Waals surface area contributed by atoms with Crippen molar-refractivity contribution in [2.75, 3.05) is 0 Å². The van der Waals surface area contributed by atoms with Crippen LogP contribution < -0.4 is 56.5 Å². The quantitative estimate of drug-likeness (QED) is 0.290. The summed E-state index contributed by atoms with van der Waals surface area (Å²) in [4.78, 5) is 9.72. The first-order chi connectivity index (χ1) is 13.9. The molecular formula is C11HF20KO2. The average molecular weight is 584 g/mol. The second-order valence-electron chi connectivity index (χ2n) is 5.81. The third-order valence-corrected chi connectivity index (χ3v) is 3.71. The number of hydrogen-bond acceptors (Lipinski definition) is 2. The number of hydrogen-bond donors (Lipinski definition) is 0. The van der Waals surface area contributed by atoms with Crippen LogP contribution in [0.15, 0.2) is 0 Å². The van der Waals surface area contributed by atoms with E-state index in [0.29, 0.717) is 0 Å². The number of alkyl halides is 20. The van der Waals surface area contributed by atoms with Gasteiger partial charge in [0.05, 0.1) is 0 Å². The molecule has 0 saturated carbocycles. The molecule has 0 bridgehead atoms. The van der Waals surface area contributed by atoms with Gasteiger partial charge in [-0.15, -0.1) is 0 Å². The van der Waals surface area contributed by atoms with Crippen LogP contribution in [0, 0.1) is 0 Å². The summed E-state index contributed by atoms with van der Waals surface area (Å²) in [6.45, 7) is 0. The zero-order chi connectivity index (χ0) is 27.7. The molecule has 0 aromatic rings. The number of rotatable bonds is 10. The topological polar surface area (TPSA) is 40.1 Å². The predicted octanol–water partition coefficient (Wildman–Crippen LogP) is 1.72. The van der Waals surface area contributed by atoms with Crippen LogP contribution in [0.3, 0.4) is 0 Å². The van der Waals surface area contributed by atoms with Gasteiger partial charge < -0.3 is 9.90 Å². The van der Waals surface area contributed by atoms with Crippen LogP contribution >= 0.6 is 0 Å². The van der Waals surface area contributed by atoms with Gasteiger partial charge in [-0.2, -0.15) is 79.0 Å². The fourth-order valence-corrected chi connectivity index (χ4v) is 1.66. The third-order valence-electron chi connectivity index (χ3n) is 3.71. The van der Waals surface area contributed by atoms with E-state index < -0.39 is 65.7 Å². The predicted molar refractivity (Wildman–Crippen MR) is 55.5 cm³/mol.